The van der Waals surface area contributed by atoms with Gasteiger partial charge in [0.15, 0.2) is 18.2 Å². The second-order valence-corrected chi connectivity index (χ2v) is 9.28. The number of hydrogen-bond acceptors (Lipinski definition) is 3. The van der Waals surface area contributed by atoms with Crippen molar-refractivity contribution in [1.29, 1.82) is 0 Å². The summed E-state index contributed by atoms with van der Waals surface area (Å²) < 4.78 is 19.7. The third-order valence-corrected chi connectivity index (χ3v) is 6.61. The lowest BCUT2D eigenvalue weighted by atomic mass is 9.94. The topological polar surface area (TPSA) is 58.6 Å². The van der Waals surface area contributed by atoms with Crippen LogP contribution in [-0.4, -0.2) is 35.4 Å². The van der Waals surface area contributed by atoms with Crippen molar-refractivity contribution in [2.45, 2.75) is 57.2 Å². The molecule has 1 fully saturated rings. The third kappa shape index (κ3) is 7.17. The van der Waals surface area contributed by atoms with E-state index in [-0.39, 0.29) is 36.8 Å². The molecular formula is C30H33FN2O3. The highest BCUT2D eigenvalue weighted by Gasteiger charge is 2.32. The SMILES string of the molecule is O=C(NC1CCCCC1)[C@H](Cc1ccccc1)N(Cc1ccccc1)C(=O)COc1ccccc1F. The molecule has 0 radical (unpaired) electrons. The van der Waals surface area contributed by atoms with Gasteiger partial charge >= 0.3 is 0 Å². The minimum atomic E-state index is -0.730. The smallest absolute Gasteiger partial charge is 0.261 e. The van der Waals surface area contributed by atoms with Gasteiger partial charge in [-0.25, -0.2) is 4.39 Å². The lowest BCUT2D eigenvalue weighted by Crippen LogP contribution is -2.53. The van der Waals surface area contributed by atoms with E-state index in [1.165, 1.54) is 18.6 Å². The molecule has 5 nitrogen and oxygen atoms in total. The molecule has 3 aromatic rings. The number of nitrogens with zero attached hydrogens (tertiary/aromatic N) is 1. The zero-order valence-corrected chi connectivity index (χ0v) is 20.4. The highest BCUT2D eigenvalue weighted by atomic mass is 19.1. The molecule has 4 rings (SSSR count). The number of carbonyl (C=O) groups excluding carboxylic acids is 2. The molecule has 0 aromatic heterocycles. The van der Waals surface area contributed by atoms with E-state index in [2.05, 4.69) is 5.32 Å². The minimum Gasteiger partial charge on any atom is -0.481 e. The highest BCUT2D eigenvalue weighted by molar-refractivity contribution is 5.88. The van der Waals surface area contributed by atoms with Gasteiger partial charge in [0, 0.05) is 19.0 Å². The number of hydrogen-bond donors (Lipinski definition) is 1. The predicted molar refractivity (Wildman–Crippen MR) is 138 cm³/mol. The van der Waals surface area contributed by atoms with Gasteiger partial charge in [-0.1, -0.05) is 92.1 Å². The molecule has 1 saturated carbocycles. The zero-order chi connectivity index (χ0) is 25.2. The fourth-order valence-electron chi connectivity index (χ4n) is 4.66. The molecular weight excluding hydrogens is 455 g/mol. The molecule has 36 heavy (non-hydrogen) atoms. The van der Waals surface area contributed by atoms with Crippen LogP contribution in [0, 0.1) is 5.82 Å². The summed E-state index contributed by atoms with van der Waals surface area (Å²) in [4.78, 5) is 28.8. The zero-order valence-electron chi connectivity index (χ0n) is 20.4. The lowest BCUT2D eigenvalue weighted by Gasteiger charge is -2.33. The van der Waals surface area contributed by atoms with Crippen LogP contribution in [0.1, 0.15) is 43.2 Å². The Balaban J connectivity index is 1.59. The maximum absolute atomic E-state index is 14.1. The Morgan fingerprint density at radius 2 is 1.47 bits per heavy atom. The number of carbonyl (C=O) groups is 2. The summed E-state index contributed by atoms with van der Waals surface area (Å²) in [5.74, 6) is -1.06. The maximum atomic E-state index is 14.1. The molecule has 1 atom stereocenters. The average molecular weight is 489 g/mol. The third-order valence-electron chi connectivity index (χ3n) is 6.61. The van der Waals surface area contributed by atoms with E-state index in [1.54, 1.807) is 17.0 Å². The van der Waals surface area contributed by atoms with Gasteiger partial charge in [-0.15, -0.1) is 0 Å². The van der Waals surface area contributed by atoms with Crippen molar-refractivity contribution in [3.63, 3.8) is 0 Å². The predicted octanol–water partition coefficient (Wildman–Crippen LogP) is 5.29. The molecule has 6 heteroatoms. The summed E-state index contributed by atoms with van der Waals surface area (Å²) in [5, 5.41) is 3.21. The van der Waals surface area contributed by atoms with Crippen LogP contribution >= 0.6 is 0 Å². The van der Waals surface area contributed by atoms with Crippen LogP contribution in [0.4, 0.5) is 4.39 Å². The molecule has 1 N–H and O–H groups in total. The summed E-state index contributed by atoms with van der Waals surface area (Å²) in [5.41, 5.74) is 1.86. The van der Waals surface area contributed by atoms with Crippen molar-refractivity contribution < 1.29 is 18.7 Å². The highest BCUT2D eigenvalue weighted by Crippen LogP contribution is 2.21. The Kier molecular flexibility index (Phi) is 9.09. The largest absolute Gasteiger partial charge is 0.481 e. The number of benzene rings is 3. The van der Waals surface area contributed by atoms with Crippen LogP contribution in [-0.2, 0) is 22.6 Å². The molecule has 0 bridgehead atoms. The van der Waals surface area contributed by atoms with E-state index < -0.39 is 11.9 Å². The van der Waals surface area contributed by atoms with Gasteiger partial charge in [-0.2, -0.15) is 0 Å². The first-order valence-electron chi connectivity index (χ1n) is 12.6. The van der Waals surface area contributed by atoms with E-state index in [9.17, 15) is 14.0 Å². The Labute approximate surface area is 212 Å². The Morgan fingerprint density at radius 3 is 2.14 bits per heavy atom. The minimum absolute atomic E-state index is 0.0109. The summed E-state index contributed by atoms with van der Waals surface area (Å²) in [6, 6.07) is 24.7. The first kappa shape index (κ1) is 25.4. The van der Waals surface area contributed by atoms with Gasteiger partial charge in [-0.3, -0.25) is 9.59 Å². The number of halogens is 1. The number of para-hydroxylation sites is 1. The molecule has 1 aliphatic rings. The quantitative estimate of drug-likeness (QED) is 0.422. The van der Waals surface area contributed by atoms with Crippen LogP contribution in [0.25, 0.3) is 0 Å². The maximum Gasteiger partial charge on any atom is 0.261 e. The Hall–Kier alpha value is -3.67. The fraction of sp³-hybridized carbons (Fsp3) is 0.333. The molecule has 2 amide bonds. The first-order chi connectivity index (χ1) is 17.6. The first-order valence-corrected chi connectivity index (χ1v) is 12.6. The van der Waals surface area contributed by atoms with E-state index in [0.29, 0.717) is 6.42 Å². The number of ether oxygens (including phenoxy) is 1. The summed E-state index contributed by atoms with van der Waals surface area (Å²) in [6.07, 6.45) is 5.65. The van der Waals surface area contributed by atoms with Gasteiger partial charge in [-0.05, 0) is 36.1 Å². The standard InChI is InChI=1S/C30H33FN2O3/c31-26-18-10-11-19-28(26)36-22-29(34)33(21-24-14-6-2-7-15-24)27(20-23-12-4-1-5-13-23)30(35)32-25-16-8-3-9-17-25/h1-2,4-7,10-15,18-19,25,27H,3,8-9,16-17,20-22H2,(H,32,35)/t27-/m0/s1. The lowest BCUT2D eigenvalue weighted by molar-refractivity contribution is -0.143. The van der Waals surface area contributed by atoms with Crippen molar-refractivity contribution in [1.82, 2.24) is 10.2 Å². The second-order valence-electron chi connectivity index (χ2n) is 9.28. The number of rotatable bonds is 10. The van der Waals surface area contributed by atoms with Gasteiger partial charge < -0.3 is 15.0 Å². The molecule has 0 spiro atoms. The van der Waals surface area contributed by atoms with Crippen LogP contribution in [0.3, 0.4) is 0 Å². The van der Waals surface area contributed by atoms with Gasteiger partial charge in [0.2, 0.25) is 5.91 Å². The monoisotopic (exact) mass is 488 g/mol. The molecule has 0 aliphatic heterocycles. The molecule has 3 aromatic carbocycles. The van der Waals surface area contributed by atoms with E-state index in [0.717, 1.165) is 36.8 Å². The molecule has 188 valence electrons. The summed E-state index contributed by atoms with van der Waals surface area (Å²) in [7, 11) is 0. The summed E-state index contributed by atoms with van der Waals surface area (Å²) in [6.45, 7) is -0.119. The van der Waals surface area contributed by atoms with Crippen LogP contribution in [0.2, 0.25) is 0 Å². The van der Waals surface area contributed by atoms with Gasteiger partial charge in [0.05, 0.1) is 0 Å². The second kappa shape index (κ2) is 12.9. The number of amides is 2. The van der Waals surface area contributed by atoms with Gasteiger partial charge in [0.25, 0.3) is 5.91 Å². The van der Waals surface area contributed by atoms with Crippen LogP contribution in [0.5, 0.6) is 5.75 Å². The summed E-state index contributed by atoms with van der Waals surface area (Å²) >= 11 is 0. The molecule has 0 heterocycles. The van der Waals surface area contributed by atoms with Crippen molar-refractivity contribution in [3.8, 4) is 5.75 Å². The number of nitrogens with one attached hydrogen (secondary N) is 1. The normalized spacial score (nSPS) is 14.6. The van der Waals surface area contributed by atoms with Gasteiger partial charge in [0.1, 0.15) is 6.04 Å². The van der Waals surface area contributed by atoms with Crippen molar-refractivity contribution in [3.05, 3.63) is 102 Å². The van der Waals surface area contributed by atoms with Crippen LogP contribution < -0.4 is 10.1 Å². The molecule has 0 unspecified atom stereocenters. The van der Waals surface area contributed by atoms with Crippen molar-refractivity contribution >= 4 is 11.8 Å². The average Bonchev–Trinajstić information content (AvgIpc) is 2.91. The van der Waals surface area contributed by atoms with E-state index in [4.69, 9.17) is 4.74 Å². The van der Waals surface area contributed by atoms with E-state index in [1.807, 2.05) is 60.7 Å². The van der Waals surface area contributed by atoms with Crippen molar-refractivity contribution in [2.75, 3.05) is 6.61 Å². The molecule has 1 aliphatic carbocycles. The Morgan fingerprint density at radius 1 is 0.861 bits per heavy atom. The van der Waals surface area contributed by atoms with Crippen LogP contribution in [0.15, 0.2) is 84.9 Å². The Bertz CT molecular complexity index is 1120. The fourth-order valence-corrected chi connectivity index (χ4v) is 4.66. The molecule has 0 saturated heterocycles. The van der Waals surface area contributed by atoms with E-state index >= 15 is 0 Å². The van der Waals surface area contributed by atoms with Crippen molar-refractivity contribution in [2.24, 2.45) is 0 Å².